The molecule has 106 valence electrons. The first-order valence-corrected chi connectivity index (χ1v) is 6.37. The molecule has 0 bridgehead atoms. The third-order valence-electron chi connectivity index (χ3n) is 3.41. The molecule has 0 radical (unpaired) electrons. The van der Waals surface area contributed by atoms with Gasteiger partial charge in [0.05, 0.1) is 5.54 Å². The molecular weight excluding hydrogens is 245 g/mol. The first-order valence-electron chi connectivity index (χ1n) is 6.37. The number of hydrogen-bond donors (Lipinski definition) is 2. The van der Waals surface area contributed by atoms with Crippen molar-refractivity contribution in [2.75, 3.05) is 6.54 Å². The molecule has 18 heavy (non-hydrogen) atoms. The van der Waals surface area contributed by atoms with Crippen molar-refractivity contribution in [3.05, 3.63) is 0 Å². The predicted molar refractivity (Wildman–Crippen MR) is 62.8 cm³/mol. The summed E-state index contributed by atoms with van der Waals surface area (Å²) < 4.78 is 35.8. The maximum absolute atomic E-state index is 11.9. The minimum atomic E-state index is -4.16. The first-order chi connectivity index (χ1) is 8.23. The number of alkyl halides is 3. The van der Waals surface area contributed by atoms with E-state index in [4.69, 9.17) is 5.73 Å². The molecule has 1 aliphatic carbocycles. The Labute approximate surface area is 105 Å². The van der Waals surface area contributed by atoms with E-state index in [-0.39, 0.29) is 18.9 Å². The lowest BCUT2D eigenvalue weighted by Gasteiger charge is -2.35. The van der Waals surface area contributed by atoms with E-state index in [2.05, 4.69) is 5.32 Å². The summed E-state index contributed by atoms with van der Waals surface area (Å²) in [6.07, 6.45) is -1.96. The minimum Gasteiger partial charge on any atom is -0.354 e. The number of nitrogens with one attached hydrogen (secondary N) is 1. The molecule has 3 nitrogen and oxygen atoms in total. The maximum atomic E-state index is 11.9. The zero-order valence-corrected chi connectivity index (χ0v) is 10.6. The van der Waals surface area contributed by atoms with Crippen LogP contribution in [-0.4, -0.2) is 24.2 Å². The third-order valence-corrected chi connectivity index (χ3v) is 3.41. The van der Waals surface area contributed by atoms with E-state index in [1.807, 2.05) is 6.92 Å². The van der Waals surface area contributed by atoms with Crippen molar-refractivity contribution >= 4 is 5.91 Å². The van der Waals surface area contributed by atoms with E-state index in [0.717, 1.165) is 12.8 Å². The van der Waals surface area contributed by atoms with Crippen LogP contribution >= 0.6 is 0 Å². The smallest absolute Gasteiger partial charge is 0.354 e. The molecular formula is C12H21F3N2O. The fraction of sp³-hybridized carbons (Fsp3) is 0.917. The van der Waals surface area contributed by atoms with Gasteiger partial charge in [-0.15, -0.1) is 0 Å². The molecule has 0 aromatic heterocycles. The first kappa shape index (κ1) is 15.3. The Morgan fingerprint density at radius 1 is 1.50 bits per heavy atom. The average molecular weight is 266 g/mol. The third kappa shape index (κ3) is 4.84. The molecule has 3 N–H and O–H groups in total. The standard InChI is InChI=1S/C12H21F3N2O/c1-9-4-2-5-11(16,8-9)10(18)17-7-3-6-12(13,14)15/h9H,2-8,16H2,1H3,(H,17,18). The van der Waals surface area contributed by atoms with Crippen molar-refractivity contribution in [1.29, 1.82) is 0 Å². The molecule has 6 heteroatoms. The van der Waals surface area contributed by atoms with Crippen LogP contribution in [0.4, 0.5) is 13.2 Å². The van der Waals surface area contributed by atoms with Gasteiger partial charge in [0.25, 0.3) is 0 Å². The van der Waals surface area contributed by atoms with Crippen molar-refractivity contribution in [2.45, 2.75) is 57.2 Å². The molecule has 0 heterocycles. The molecule has 2 unspecified atom stereocenters. The second kappa shape index (κ2) is 5.91. The second-order valence-electron chi connectivity index (χ2n) is 5.33. The quantitative estimate of drug-likeness (QED) is 0.767. The highest BCUT2D eigenvalue weighted by molar-refractivity contribution is 5.86. The average Bonchev–Trinajstić information content (AvgIpc) is 2.22. The van der Waals surface area contributed by atoms with Gasteiger partial charge in [0.15, 0.2) is 0 Å². The molecule has 1 fully saturated rings. The Hall–Kier alpha value is -0.780. The SMILES string of the molecule is CC1CCCC(N)(C(=O)NCCCC(F)(F)F)C1. The van der Waals surface area contributed by atoms with E-state index < -0.39 is 18.1 Å². The van der Waals surface area contributed by atoms with Crippen LogP contribution in [-0.2, 0) is 4.79 Å². The number of halogens is 3. The zero-order valence-electron chi connectivity index (χ0n) is 10.6. The molecule has 2 atom stereocenters. The second-order valence-corrected chi connectivity index (χ2v) is 5.33. The number of hydrogen-bond acceptors (Lipinski definition) is 2. The van der Waals surface area contributed by atoms with Crippen LogP contribution in [0.5, 0.6) is 0 Å². The van der Waals surface area contributed by atoms with Gasteiger partial charge in [-0.2, -0.15) is 13.2 Å². The molecule has 1 saturated carbocycles. The van der Waals surface area contributed by atoms with Crippen LogP contribution in [0.3, 0.4) is 0 Å². The Morgan fingerprint density at radius 3 is 2.72 bits per heavy atom. The monoisotopic (exact) mass is 266 g/mol. The van der Waals surface area contributed by atoms with Crippen LogP contribution < -0.4 is 11.1 Å². The topological polar surface area (TPSA) is 55.1 Å². The Kier molecular flexibility index (Phi) is 5.01. The van der Waals surface area contributed by atoms with Gasteiger partial charge < -0.3 is 11.1 Å². The van der Waals surface area contributed by atoms with Crippen LogP contribution in [0, 0.1) is 5.92 Å². The van der Waals surface area contributed by atoms with Crippen molar-refractivity contribution in [3.8, 4) is 0 Å². The molecule has 1 rings (SSSR count). The normalized spacial score (nSPS) is 29.1. The molecule has 0 aromatic rings. The number of nitrogens with two attached hydrogens (primary N) is 1. The lowest BCUT2D eigenvalue weighted by atomic mass is 9.76. The van der Waals surface area contributed by atoms with Crippen LogP contribution in [0.25, 0.3) is 0 Å². The summed E-state index contributed by atoms with van der Waals surface area (Å²) in [6.45, 7) is 2.07. The Balaban J connectivity index is 2.31. The summed E-state index contributed by atoms with van der Waals surface area (Å²) in [5, 5.41) is 2.52. The lowest BCUT2D eigenvalue weighted by Crippen LogP contribution is -2.56. The van der Waals surface area contributed by atoms with Crippen molar-refractivity contribution < 1.29 is 18.0 Å². The van der Waals surface area contributed by atoms with Crippen molar-refractivity contribution in [3.63, 3.8) is 0 Å². The summed E-state index contributed by atoms with van der Waals surface area (Å²) in [5.41, 5.74) is 5.13. The minimum absolute atomic E-state index is 0.0334. The molecule has 1 amide bonds. The van der Waals surface area contributed by atoms with Crippen LogP contribution in [0.15, 0.2) is 0 Å². The van der Waals surface area contributed by atoms with Gasteiger partial charge >= 0.3 is 6.18 Å². The molecule has 0 saturated heterocycles. The van der Waals surface area contributed by atoms with Crippen molar-refractivity contribution in [1.82, 2.24) is 5.32 Å². The van der Waals surface area contributed by atoms with E-state index in [9.17, 15) is 18.0 Å². The van der Waals surface area contributed by atoms with Crippen molar-refractivity contribution in [2.24, 2.45) is 11.7 Å². The molecule has 0 aliphatic heterocycles. The molecule has 1 aliphatic rings. The predicted octanol–water partition coefficient (Wildman–Crippen LogP) is 2.35. The molecule has 0 aromatic carbocycles. The summed E-state index contributed by atoms with van der Waals surface area (Å²) in [6, 6.07) is 0. The summed E-state index contributed by atoms with van der Waals surface area (Å²) in [4.78, 5) is 11.9. The highest BCUT2D eigenvalue weighted by Crippen LogP contribution is 2.30. The highest BCUT2D eigenvalue weighted by atomic mass is 19.4. The summed E-state index contributed by atoms with van der Waals surface area (Å²) in [7, 11) is 0. The summed E-state index contributed by atoms with van der Waals surface area (Å²) >= 11 is 0. The number of amides is 1. The largest absolute Gasteiger partial charge is 0.389 e. The van der Waals surface area contributed by atoms with Gasteiger partial charge in [-0.05, 0) is 25.2 Å². The lowest BCUT2D eigenvalue weighted by molar-refractivity contribution is -0.137. The Morgan fingerprint density at radius 2 is 2.17 bits per heavy atom. The number of rotatable bonds is 4. The van der Waals surface area contributed by atoms with Crippen LogP contribution in [0.2, 0.25) is 0 Å². The van der Waals surface area contributed by atoms with E-state index >= 15 is 0 Å². The van der Waals surface area contributed by atoms with E-state index in [1.54, 1.807) is 0 Å². The highest BCUT2D eigenvalue weighted by Gasteiger charge is 2.37. The Bertz CT molecular complexity index is 294. The summed E-state index contributed by atoms with van der Waals surface area (Å²) in [5.74, 6) is 0.0842. The van der Waals surface area contributed by atoms with Gasteiger partial charge in [0, 0.05) is 13.0 Å². The van der Waals surface area contributed by atoms with Gasteiger partial charge in [-0.3, -0.25) is 4.79 Å². The fourth-order valence-corrected chi connectivity index (χ4v) is 2.46. The van der Waals surface area contributed by atoms with Gasteiger partial charge in [0.2, 0.25) is 5.91 Å². The number of carbonyl (C=O) groups excluding carboxylic acids is 1. The van der Waals surface area contributed by atoms with Crippen LogP contribution in [0.1, 0.15) is 45.4 Å². The zero-order chi connectivity index (χ0) is 13.8. The van der Waals surface area contributed by atoms with Gasteiger partial charge in [-0.25, -0.2) is 0 Å². The van der Waals surface area contributed by atoms with E-state index in [0.29, 0.717) is 18.8 Å². The maximum Gasteiger partial charge on any atom is 0.389 e. The number of carbonyl (C=O) groups is 1. The van der Waals surface area contributed by atoms with E-state index in [1.165, 1.54) is 0 Å². The fourth-order valence-electron chi connectivity index (χ4n) is 2.46. The van der Waals surface area contributed by atoms with Gasteiger partial charge in [-0.1, -0.05) is 19.8 Å². The molecule has 0 spiro atoms. The van der Waals surface area contributed by atoms with Gasteiger partial charge in [0.1, 0.15) is 0 Å².